The maximum atomic E-state index is 13.6. The molecule has 0 aromatic heterocycles. The Balaban J connectivity index is 1.61. The van der Waals surface area contributed by atoms with Crippen molar-refractivity contribution in [2.75, 3.05) is 32.0 Å². The van der Waals surface area contributed by atoms with E-state index < -0.39 is 65.0 Å². The highest BCUT2D eigenvalue weighted by Gasteiger charge is 2.66. The zero-order chi connectivity index (χ0) is 29.2. The van der Waals surface area contributed by atoms with E-state index in [1.165, 1.54) is 17.0 Å². The molecule has 40 heavy (non-hydrogen) atoms. The molecule has 3 atom stereocenters. The van der Waals surface area contributed by atoms with Crippen molar-refractivity contribution in [2.45, 2.75) is 24.0 Å². The molecule has 212 valence electrons. The topological polar surface area (TPSA) is 206 Å². The number of aliphatic hydroxyl groups excluding tert-OH is 1. The summed E-state index contributed by atoms with van der Waals surface area (Å²) in [7, 11) is 0. The van der Waals surface area contributed by atoms with E-state index in [1.54, 1.807) is 25.1 Å². The minimum absolute atomic E-state index is 0.00344. The average Bonchev–Trinajstić information content (AvgIpc) is 2.96. The number of thioether (sulfide) groups is 1. The van der Waals surface area contributed by atoms with Crippen molar-refractivity contribution in [3.05, 3.63) is 47.2 Å². The molecule has 0 spiro atoms. The van der Waals surface area contributed by atoms with E-state index in [2.05, 4.69) is 16.0 Å². The van der Waals surface area contributed by atoms with Gasteiger partial charge in [-0.25, -0.2) is 9.59 Å². The summed E-state index contributed by atoms with van der Waals surface area (Å²) in [4.78, 5) is 91.1. The molecular formula is C24H26N6O9S. The summed E-state index contributed by atoms with van der Waals surface area (Å²) >= 11 is 1.01. The van der Waals surface area contributed by atoms with Crippen molar-refractivity contribution in [1.82, 2.24) is 30.7 Å². The Labute approximate surface area is 231 Å². The van der Waals surface area contributed by atoms with Gasteiger partial charge in [-0.2, -0.15) is 0 Å². The van der Waals surface area contributed by atoms with E-state index >= 15 is 0 Å². The molecule has 7 amide bonds. The lowest BCUT2D eigenvalue weighted by Gasteiger charge is -2.56. The van der Waals surface area contributed by atoms with Gasteiger partial charge in [0.05, 0.1) is 6.61 Å². The molecule has 1 aromatic rings. The van der Waals surface area contributed by atoms with Gasteiger partial charge >= 0.3 is 23.8 Å². The molecule has 4 rings (SSSR count). The number of piperazine rings is 1. The van der Waals surface area contributed by atoms with Gasteiger partial charge in [-0.05, 0) is 18.1 Å². The number of fused-ring (bicyclic) bond motifs is 1. The maximum absolute atomic E-state index is 13.6. The number of rotatable bonds is 9. The van der Waals surface area contributed by atoms with Gasteiger partial charge in [0, 0.05) is 25.4 Å². The number of carboxylic acids is 1. The molecule has 3 aliphatic heterocycles. The quantitative estimate of drug-likeness (QED) is 0.0943. The number of imide groups is 1. The molecule has 3 aliphatic rings. The first kappa shape index (κ1) is 28.6. The zero-order valence-corrected chi connectivity index (χ0v) is 22.0. The first-order chi connectivity index (χ1) is 19.1. The predicted molar refractivity (Wildman–Crippen MR) is 137 cm³/mol. The number of benzene rings is 1. The normalized spacial score (nSPS) is 23.2. The Morgan fingerprint density at radius 1 is 1.15 bits per heavy atom. The number of nitrogens with one attached hydrogen (secondary N) is 3. The van der Waals surface area contributed by atoms with Gasteiger partial charge in [-0.3, -0.25) is 33.8 Å². The van der Waals surface area contributed by atoms with E-state index in [0.717, 1.165) is 16.7 Å². The van der Waals surface area contributed by atoms with Crippen LogP contribution in [0.5, 0.6) is 0 Å². The third kappa shape index (κ3) is 4.75. The Morgan fingerprint density at radius 3 is 2.45 bits per heavy atom. The van der Waals surface area contributed by atoms with E-state index in [4.69, 9.17) is 0 Å². The molecule has 0 radical (unpaired) electrons. The lowest BCUT2D eigenvalue weighted by Crippen LogP contribution is -2.85. The fourth-order valence-electron chi connectivity index (χ4n) is 4.70. The summed E-state index contributed by atoms with van der Waals surface area (Å²) in [5.74, 6) is -5.31. The fraction of sp³-hybridized carbons (Fsp3) is 0.375. The predicted octanol–water partition coefficient (Wildman–Crippen LogP) is -2.07. The molecule has 15 nitrogen and oxygen atoms in total. The van der Waals surface area contributed by atoms with Gasteiger partial charge < -0.3 is 31.1 Å². The third-order valence-electron chi connectivity index (χ3n) is 6.75. The molecule has 3 heterocycles. The van der Waals surface area contributed by atoms with Crippen LogP contribution in [0, 0.1) is 0 Å². The van der Waals surface area contributed by atoms with Gasteiger partial charge in [-0.15, -0.1) is 11.8 Å². The molecular weight excluding hydrogens is 548 g/mol. The van der Waals surface area contributed by atoms with Crippen LogP contribution in [-0.2, 0) is 28.8 Å². The highest BCUT2D eigenvalue weighted by molar-refractivity contribution is 8.00. The van der Waals surface area contributed by atoms with Gasteiger partial charge in [-0.1, -0.05) is 30.3 Å². The summed E-state index contributed by atoms with van der Waals surface area (Å²) in [6.45, 7) is 1.37. The van der Waals surface area contributed by atoms with Crippen LogP contribution in [0.2, 0.25) is 0 Å². The Bertz CT molecular complexity index is 1300. The summed E-state index contributed by atoms with van der Waals surface area (Å²) in [5.41, 5.74) is -2.17. The van der Waals surface area contributed by atoms with Crippen molar-refractivity contribution in [1.29, 1.82) is 0 Å². The lowest BCUT2D eigenvalue weighted by molar-refractivity contribution is -0.163. The van der Waals surface area contributed by atoms with Gasteiger partial charge in [0.1, 0.15) is 17.1 Å². The number of carbonyl (C=O) groups excluding carboxylic acids is 6. The van der Waals surface area contributed by atoms with Gasteiger partial charge in [0.15, 0.2) is 0 Å². The standard InChI is InChI=1S/C24H26N6O9S/c1-2-28-8-9-29(19(35)18(28)34)23(39)26-15(13-6-4-3-5-7-13)17(33)27-24(25-12-32)21(38)30-16(20(36)37)14(10-31)11-40-22(24)30/h3-7,12,15,22,31H,2,8-11H2,1H3,(H,25,32)(H,26,39)(H,27,33)(H,36,37)/t15-,22-,24-/m1/s1. The second kappa shape index (κ2) is 11.4. The van der Waals surface area contributed by atoms with E-state index in [9.17, 15) is 43.8 Å². The van der Waals surface area contributed by atoms with Crippen LogP contribution >= 0.6 is 11.8 Å². The van der Waals surface area contributed by atoms with Crippen molar-refractivity contribution < 1.29 is 43.8 Å². The number of β-lactam (4-membered cyclic amide) rings is 1. The number of urea groups is 1. The van der Waals surface area contributed by atoms with Crippen molar-refractivity contribution in [2.24, 2.45) is 0 Å². The number of likely N-dealkylation sites (N-methyl/N-ethyl adjacent to an activating group) is 1. The molecule has 2 fully saturated rings. The van der Waals surface area contributed by atoms with Gasteiger partial charge in [0.2, 0.25) is 18.0 Å². The molecule has 16 heteroatoms. The van der Waals surface area contributed by atoms with E-state index in [-0.39, 0.29) is 42.9 Å². The first-order valence-corrected chi connectivity index (χ1v) is 13.2. The number of hydrogen-bond donors (Lipinski definition) is 5. The van der Waals surface area contributed by atoms with Crippen molar-refractivity contribution in [3.8, 4) is 0 Å². The van der Waals surface area contributed by atoms with Crippen LogP contribution < -0.4 is 16.0 Å². The second-order valence-electron chi connectivity index (χ2n) is 8.95. The molecule has 2 saturated heterocycles. The summed E-state index contributed by atoms with van der Waals surface area (Å²) in [5, 5.41) is 25.3. The summed E-state index contributed by atoms with van der Waals surface area (Å²) in [6.07, 6.45) is 0.176. The van der Waals surface area contributed by atoms with E-state index in [0.29, 0.717) is 4.90 Å². The number of carboxylic acid groups (broad SMARTS) is 1. The van der Waals surface area contributed by atoms with Crippen LogP contribution in [0.15, 0.2) is 41.6 Å². The fourth-order valence-corrected chi connectivity index (χ4v) is 6.12. The highest BCUT2D eigenvalue weighted by atomic mass is 32.2. The number of nitrogens with zero attached hydrogens (tertiary/aromatic N) is 3. The number of aliphatic hydroxyl groups is 1. The number of amides is 7. The Kier molecular flexibility index (Phi) is 8.11. The summed E-state index contributed by atoms with van der Waals surface area (Å²) < 4.78 is 0. The monoisotopic (exact) mass is 574 g/mol. The minimum Gasteiger partial charge on any atom is -0.477 e. The molecule has 0 aliphatic carbocycles. The average molecular weight is 575 g/mol. The van der Waals surface area contributed by atoms with Crippen LogP contribution in [-0.4, -0.2) is 110 Å². The highest BCUT2D eigenvalue weighted by Crippen LogP contribution is 2.45. The van der Waals surface area contributed by atoms with Gasteiger partial charge in [0.25, 0.3) is 5.91 Å². The maximum Gasteiger partial charge on any atom is 0.352 e. The molecule has 0 unspecified atom stereocenters. The zero-order valence-electron chi connectivity index (χ0n) is 21.2. The molecule has 0 saturated carbocycles. The molecule has 5 N–H and O–H groups in total. The van der Waals surface area contributed by atoms with Crippen LogP contribution in [0.25, 0.3) is 0 Å². The van der Waals surface area contributed by atoms with E-state index in [1.807, 2.05) is 0 Å². The SMILES string of the molecule is CCN1CCN(C(=O)N[C@@H](C(=O)N[C@]2(NC=O)C(=O)N3C(C(=O)O)=C(CO)CS[C@@H]32)c2ccccc2)C(=O)C1=O. The Morgan fingerprint density at radius 2 is 1.85 bits per heavy atom. The number of aliphatic carboxylic acids is 1. The smallest absolute Gasteiger partial charge is 0.352 e. The largest absolute Gasteiger partial charge is 0.477 e. The molecule has 0 bridgehead atoms. The number of hydrogen-bond acceptors (Lipinski definition) is 9. The lowest BCUT2D eigenvalue weighted by atomic mass is 9.94. The van der Waals surface area contributed by atoms with Crippen LogP contribution in [0.4, 0.5) is 4.79 Å². The third-order valence-corrected chi connectivity index (χ3v) is 8.15. The Hall–Kier alpha value is -4.44. The van der Waals surface area contributed by atoms with Crippen molar-refractivity contribution in [3.63, 3.8) is 0 Å². The second-order valence-corrected chi connectivity index (χ2v) is 10.0. The summed E-state index contributed by atoms with van der Waals surface area (Å²) in [6, 6.07) is 5.35. The van der Waals surface area contributed by atoms with Crippen molar-refractivity contribution >= 4 is 53.8 Å². The minimum atomic E-state index is -2.07. The number of carbonyl (C=O) groups is 7. The van der Waals surface area contributed by atoms with Crippen LogP contribution in [0.3, 0.4) is 0 Å². The first-order valence-electron chi connectivity index (χ1n) is 12.1. The van der Waals surface area contributed by atoms with Crippen LogP contribution in [0.1, 0.15) is 18.5 Å². The molecule has 1 aromatic carbocycles.